The van der Waals surface area contributed by atoms with Crippen LogP contribution in [0.4, 0.5) is 29.6 Å². The van der Waals surface area contributed by atoms with Crippen LogP contribution in [0.2, 0.25) is 0 Å². The maximum atomic E-state index is 13.6. The van der Waals surface area contributed by atoms with E-state index in [1.165, 1.54) is 0 Å². The molecule has 202 valence electrons. The zero-order chi connectivity index (χ0) is 27.3. The molecule has 1 aliphatic rings. The third-order valence-corrected chi connectivity index (χ3v) is 6.38. The molecule has 9 heteroatoms. The van der Waals surface area contributed by atoms with E-state index in [9.17, 15) is 18.0 Å². The summed E-state index contributed by atoms with van der Waals surface area (Å²) < 4.78 is 46.3. The number of aryl methyl sites for hydroxylation is 2. The summed E-state index contributed by atoms with van der Waals surface area (Å²) in [6, 6.07) is 17.0. The molecule has 1 fully saturated rings. The standard InChI is InChI=1S/C29H33F3N4O2/c1-28(2,3)38-27(37)36-17-7-10-22(19-36)21-12-14-23(15-13-21)34-26-33-18-24(29(30,31)32)25(35-26)16-11-20-8-5-4-6-9-20/h4-6,8-9,12-15,18,22H,7,10-11,16-17,19H2,1-3H3,(H,33,34,35). The number of nitrogens with one attached hydrogen (secondary N) is 1. The number of benzene rings is 2. The zero-order valence-electron chi connectivity index (χ0n) is 21.9. The second-order valence-corrected chi connectivity index (χ2v) is 10.5. The number of alkyl halides is 3. The van der Waals surface area contributed by atoms with Gasteiger partial charge in [-0.3, -0.25) is 0 Å². The normalized spacial score (nSPS) is 16.3. The van der Waals surface area contributed by atoms with Gasteiger partial charge in [-0.15, -0.1) is 0 Å². The number of piperidine rings is 1. The number of aromatic nitrogens is 2. The maximum Gasteiger partial charge on any atom is 0.419 e. The largest absolute Gasteiger partial charge is 0.444 e. The Morgan fingerprint density at radius 2 is 1.76 bits per heavy atom. The summed E-state index contributed by atoms with van der Waals surface area (Å²) >= 11 is 0. The second kappa shape index (κ2) is 11.4. The van der Waals surface area contributed by atoms with Crippen molar-refractivity contribution in [3.63, 3.8) is 0 Å². The molecule has 3 aromatic rings. The van der Waals surface area contributed by atoms with Crippen LogP contribution in [0.5, 0.6) is 0 Å². The van der Waals surface area contributed by atoms with E-state index in [-0.39, 0.29) is 30.1 Å². The molecule has 1 amide bonds. The topological polar surface area (TPSA) is 67.3 Å². The average molecular weight is 527 g/mol. The van der Waals surface area contributed by atoms with E-state index < -0.39 is 17.3 Å². The number of rotatable bonds is 6. The molecule has 6 nitrogen and oxygen atoms in total. The van der Waals surface area contributed by atoms with Crippen LogP contribution >= 0.6 is 0 Å². The molecule has 1 atom stereocenters. The van der Waals surface area contributed by atoms with Crippen LogP contribution in [0, 0.1) is 0 Å². The zero-order valence-corrected chi connectivity index (χ0v) is 21.9. The number of hydrogen-bond donors (Lipinski definition) is 1. The number of carbonyl (C=O) groups excluding carboxylic acids is 1. The fraction of sp³-hybridized carbons (Fsp3) is 0.414. The summed E-state index contributed by atoms with van der Waals surface area (Å²) in [6.45, 7) is 6.80. The highest BCUT2D eigenvalue weighted by atomic mass is 19.4. The maximum absolute atomic E-state index is 13.6. The van der Waals surface area contributed by atoms with Crippen molar-refractivity contribution in [1.29, 1.82) is 0 Å². The average Bonchev–Trinajstić information content (AvgIpc) is 2.87. The monoisotopic (exact) mass is 526 g/mol. The molecule has 1 aliphatic heterocycles. The van der Waals surface area contributed by atoms with Crippen LogP contribution in [0.3, 0.4) is 0 Å². The van der Waals surface area contributed by atoms with Crippen molar-refractivity contribution in [3.8, 4) is 0 Å². The highest BCUT2D eigenvalue weighted by Crippen LogP contribution is 2.33. The van der Waals surface area contributed by atoms with Gasteiger partial charge in [0.15, 0.2) is 0 Å². The van der Waals surface area contributed by atoms with Crippen LogP contribution in [0.1, 0.15) is 61.9 Å². The third-order valence-electron chi connectivity index (χ3n) is 6.38. The second-order valence-electron chi connectivity index (χ2n) is 10.5. The highest BCUT2D eigenvalue weighted by molar-refractivity contribution is 5.68. The number of amides is 1. The first kappa shape index (κ1) is 27.4. The first-order valence-electron chi connectivity index (χ1n) is 12.8. The van der Waals surface area contributed by atoms with E-state index in [1.807, 2.05) is 75.4 Å². The Bertz CT molecular complexity index is 1230. The SMILES string of the molecule is CC(C)(C)OC(=O)N1CCCC(c2ccc(Nc3ncc(C(F)(F)F)c(CCc4ccccc4)n3)cc2)C1. The van der Waals surface area contributed by atoms with Crippen molar-refractivity contribution >= 4 is 17.7 Å². The van der Waals surface area contributed by atoms with Gasteiger partial charge in [-0.1, -0.05) is 42.5 Å². The van der Waals surface area contributed by atoms with Crippen LogP contribution < -0.4 is 5.32 Å². The lowest BCUT2D eigenvalue weighted by Gasteiger charge is -2.34. The van der Waals surface area contributed by atoms with Crippen molar-refractivity contribution in [2.24, 2.45) is 0 Å². The van der Waals surface area contributed by atoms with Gasteiger partial charge in [-0.25, -0.2) is 14.8 Å². The lowest BCUT2D eigenvalue weighted by molar-refractivity contribution is -0.138. The molecular formula is C29H33F3N4O2. The summed E-state index contributed by atoms with van der Waals surface area (Å²) in [5.41, 5.74) is 1.29. The van der Waals surface area contributed by atoms with E-state index in [2.05, 4.69) is 15.3 Å². The Balaban J connectivity index is 1.44. The Morgan fingerprint density at radius 1 is 1.05 bits per heavy atom. The molecule has 0 aliphatic carbocycles. The van der Waals surface area contributed by atoms with Crippen LogP contribution in [-0.2, 0) is 23.8 Å². The van der Waals surface area contributed by atoms with Gasteiger partial charge < -0.3 is 15.0 Å². The minimum atomic E-state index is -4.53. The number of halogens is 3. The molecule has 38 heavy (non-hydrogen) atoms. The molecule has 0 radical (unpaired) electrons. The number of carbonyl (C=O) groups is 1. The summed E-state index contributed by atoms with van der Waals surface area (Å²) in [5, 5.41) is 3.03. The van der Waals surface area contributed by atoms with E-state index in [4.69, 9.17) is 4.74 Å². The number of nitrogens with zero attached hydrogens (tertiary/aromatic N) is 3. The van der Waals surface area contributed by atoms with Gasteiger partial charge in [0.25, 0.3) is 0 Å². The van der Waals surface area contributed by atoms with Crippen molar-refractivity contribution < 1.29 is 22.7 Å². The quantitative estimate of drug-likeness (QED) is 0.370. The van der Waals surface area contributed by atoms with Gasteiger partial charge in [0, 0.05) is 30.9 Å². The summed E-state index contributed by atoms with van der Waals surface area (Å²) in [5.74, 6) is 0.291. The van der Waals surface area contributed by atoms with Crippen molar-refractivity contribution in [1.82, 2.24) is 14.9 Å². The van der Waals surface area contributed by atoms with E-state index >= 15 is 0 Å². The number of likely N-dealkylation sites (tertiary alicyclic amines) is 1. The minimum Gasteiger partial charge on any atom is -0.444 e. The predicted octanol–water partition coefficient (Wildman–Crippen LogP) is 7.14. The smallest absolute Gasteiger partial charge is 0.419 e. The van der Waals surface area contributed by atoms with Gasteiger partial charge in [0.2, 0.25) is 5.95 Å². The molecule has 0 bridgehead atoms. The van der Waals surface area contributed by atoms with Gasteiger partial charge in [-0.05, 0) is 69.7 Å². The number of ether oxygens (including phenoxy) is 1. The summed E-state index contributed by atoms with van der Waals surface area (Å²) in [4.78, 5) is 22.4. The molecular weight excluding hydrogens is 493 g/mol. The Labute approximate surface area is 221 Å². The van der Waals surface area contributed by atoms with Gasteiger partial charge in [-0.2, -0.15) is 13.2 Å². The summed E-state index contributed by atoms with van der Waals surface area (Å²) in [7, 11) is 0. The fourth-order valence-corrected chi connectivity index (χ4v) is 4.52. The van der Waals surface area contributed by atoms with E-state index in [0.29, 0.717) is 25.2 Å². The van der Waals surface area contributed by atoms with Crippen molar-refractivity contribution in [3.05, 3.63) is 83.2 Å². The first-order valence-corrected chi connectivity index (χ1v) is 12.8. The Morgan fingerprint density at radius 3 is 2.42 bits per heavy atom. The first-order chi connectivity index (χ1) is 18.0. The van der Waals surface area contributed by atoms with Crippen LogP contribution in [0.15, 0.2) is 60.8 Å². The molecule has 2 aromatic carbocycles. The molecule has 4 rings (SSSR count). The number of anilines is 2. The lowest BCUT2D eigenvalue weighted by atomic mass is 9.90. The molecule has 0 saturated carbocycles. The Kier molecular flexibility index (Phi) is 8.23. The number of hydrogen-bond acceptors (Lipinski definition) is 5. The van der Waals surface area contributed by atoms with Crippen LogP contribution in [0.25, 0.3) is 0 Å². The molecule has 2 heterocycles. The predicted molar refractivity (Wildman–Crippen MR) is 140 cm³/mol. The molecule has 1 unspecified atom stereocenters. The molecule has 1 saturated heterocycles. The van der Waals surface area contributed by atoms with Gasteiger partial charge in [0.05, 0.1) is 11.3 Å². The van der Waals surface area contributed by atoms with Gasteiger partial charge in [0.1, 0.15) is 5.60 Å². The van der Waals surface area contributed by atoms with Crippen molar-refractivity contribution in [2.75, 3.05) is 18.4 Å². The molecule has 1 aromatic heterocycles. The fourth-order valence-electron chi connectivity index (χ4n) is 4.52. The minimum absolute atomic E-state index is 0.0417. The van der Waals surface area contributed by atoms with Crippen molar-refractivity contribution in [2.45, 2.75) is 64.1 Å². The highest BCUT2D eigenvalue weighted by Gasteiger charge is 2.35. The van der Waals surface area contributed by atoms with Gasteiger partial charge >= 0.3 is 12.3 Å². The lowest BCUT2D eigenvalue weighted by Crippen LogP contribution is -2.42. The van der Waals surface area contributed by atoms with Crippen LogP contribution in [-0.4, -0.2) is 39.7 Å². The Hall–Kier alpha value is -3.62. The molecule has 1 N–H and O–H groups in total. The van der Waals surface area contributed by atoms with E-state index in [0.717, 1.165) is 30.2 Å². The third kappa shape index (κ3) is 7.46. The van der Waals surface area contributed by atoms with E-state index in [1.54, 1.807) is 4.90 Å². The summed E-state index contributed by atoms with van der Waals surface area (Å²) in [6.07, 6.45) is -1.56. The molecule has 0 spiro atoms.